The quantitative estimate of drug-likeness (QED) is 0.512. The van der Waals surface area contributed by atoms with Crippen molar-refractivity contribution in [2.75, 3.05) is 19.6 Å². The molecule has 0 unspecified atom stereocenters. The molecule has 1 aromatic carbocycles. The number of hydrogen-bond donors (Lipinski definition) is 1. The van der Waals surface area contributed by atoms with Crippen LogP contribution in [0.1, 0.15) is 39.7 Å². The van der Waals surface area contributed by atoms with Crippen LogP contribution in [0.2, 0.25) is 0 Å². The van der Waals surface area contributed by atoms with E-state index in [1.807, 2.05) is 4.68 Å². The smallest absolute Gasteiger partial charge is 0.371 e. The first-order chi connectivity index (χ1) is 12.1. The molecule has 0 radical (unpaired) electrons. The molecule has 1 amide bonds. The number of nitrogens with zero attached hydrogens (tertiary/aromatic N) is 3. The van der Waals surface area contributed by atoms with Crippen molar-refractivity contribution in [3.63, 3.8) is 0 Å². The van der Waals surface area contributed by atoms with Gasteiger partial charge in [0, 0.05) is 17.5 Å². The van der Waals surface area contributed by atoms with Crippen LogP contribution in [0.25, 0.3) is 10.9 Å². The molecule has 4 heterocycles. The highest BCUT2D eigenvalue weighted by Gasteiger charge is 2.37. The van der Waals surface area contributed by atoms with Gasteiger partial charge < -0.3 is 15.4 Å². The summed E-state index contributed by atoms with van der Waals surface area (Å²) in [5.41, 5.74) is 6.13. The number of piperidine rings is 3. The van der Waals surface area contributed by atoms with Crippen molar-refractivity contribution in [1.29, 1.82) is 0 Å². The number of benzene rings is 1. The minimum Gasteiger partial charge on any atom is -0.371 e. The predicted octanol–water partition coefficient (Wildman–Crippen LogP) is 1.35. The van der Waals surface area contributed by atoms with Crippen LogP contribution in [0.15, 0.2) is 18.2 Å². The highest BCUT2D eigenvalue weighted by molar-refractivity contribution is 6.06. The number of aldehydes is 1. The Morgan fingerprint density at radius 1 is 1.28 bits per heavy atom. The highest BCUT2D eigenvalue weighted by Crippen LogP contribution is 2.37. The summed E-state index contributed by atoms with van der Waals surface area (Å²) < 4.78 is 6.35. The molecule has 2 bridgehead atoms. The van der Waals surface area contributed by atoms with Crippen LogP contribution in [-0.2, 0) is 4.74 Å². The van der Waals surface area contributed by atoms with Crippen molar-refractivity contribution in [1.82, 2.24) is 14.7 Å². The number of aromatic nitrogens is 2. The summed E-state index contributed by atoms with van der Waals surface area (Å²) >= 11 is 0. The average Bonchev–Trinajstić information content (AvgIpc) is 3.00. The van der Waals surface area contributed by atoms with Crippen LogP contribution in [-0.4, -0.2) is 52.7 Å². The molecule has 3 aliphatic rings. The Labute approximate surface area is 143 Å². The Bertz CT molecular complexity index is 867. The Kier molecular flexibility index (Phi) is 3.76. The monoisotopic (exact) mass is 342 g/mol. The Balaban J connectivity index is 1.83. The van der Waals surface area contributed by atoms with Crippen LogP contribution in [0.5, 0.6) is 0 Å². The zero-order valence-corrected chi connectivity index (χ0v) is 13.6. The summed E-state index contributed by atoms with van der Waals surface area (Å²) in [6.45, 7) is 3.06. The summed E-state index contributed by atoms with van der Waals surface area (Å²) in [5.74, 6) is -0.403. The van der Waals surface area contributed by atoms with Gasteiger partial charge in [0.2, 0.25) is 0 Å². The van der Waals surface area contributed by atoms with E-state index in [1.165, 1.54) is 0 Å². The Morgan fingerprint density at radius 2 is 2.04 bits per heavy atom. The van der Waals surface area contributed by atoms with E-state index in [1.54, 1.807) is 18.2 Å². The highest BCUT2D eigenvalue weighted by atomic mass is 16.6. The number of nitrogens with two attached hydrogens (primary N) is 1. The number of hydrogen-bond acceptors (Lipinski definition) is 6. The number of rotatable bonds is 3. The van der Waals surface area contributed by atoms with Gasteiger partial charge in [-0.2, -0.15) is 5.10 Å². The fourth-order valence-electron chi connectivity index (χ4n) is 3.99. The molecular weight excluding hydrogens is 324 g/mol. The minimum absolute atomic E-state index is 0.00828. The van der Waals surface area contributed by atoms with E-state index >= 15 is 0 Å². The number of amides is 1. The number of esters is 1. The van der Waals surface area contributed by atoms with E-state index in [0.29, 0.717) is 23.2 Å². The molecule has 3 fully saturated rings. The lowest BCUT2D eigenvalue weighted by molar-refractivity contribution is 0.0518. The van der Waals surface area contributed by atoms with Crippen molar-refractivity contribution in [2.45, 2.75) is 18.9 Å². The molecule has 2 N–H and O–H groups in total. The van der Waals surface area contributed by atoms with E-state index in [0.717, 1.165) is 38.0 Å². The van der Waals surface area contributed by atoms with Crippen molar-refractivity contribution in [2.24, 2.45) is 11.7 Å². The third-order valence-corrected chi connectivity index (χ3v) is 5.19. The van der Waals surface area contributed by atoms with Gasteiger partial charge in [0.25, 0.3) is 0 Å². The van der Waals surface area contributed by atoms with Crippen molar-refractivity contribution in [3.05, 3.63) is 29.5 Å². The van der Waals surface area contributed by atoms with Crippen LogP contribution in [0.3, 0.4) is 0 Å². The minimum atomic E-state index is -1.18. The second-order valence-electron chi connectivity index (χ2n) is 6.60. The number of fused-ring (bicyclic) bond motifs is 4. The first-order valence-electron chi connectivity index (χ1n) is 8.28. The SMILES string of the molecule is NC(=O)OC(=O)c1nn([C@@H]2CN3CCC2CC3)c2ccc(C=O)cc12. The van der Waals surface area contributed by atoms with Crippen LogP contribution >= 0.6 is 0 Å². The van der Waals surface area contributed by atoms with Gasteiger partial charge in [-0.3, -0.25) is 9.48 Å². The van der Waals surface area contributed by atoms with Gasteiger partial charge in [-0.15, -0.1) is 0 Å². The maximum Gasteiger partial charge on any atom is 0.412 e. The number of ether oxygens (including phenoxy) is 1. The van der Waals surface area contributed by atoms with Gasteiger partial charge in [0.05, 0.1) is 11.6 Å². The zero-order valence-electron chi connectivity index (χ0n) is 13.6. The van der Waals surface area contributed by atoms with Gasteiger partial charge in [-0.25, -0.2) is 9.59 Å². The van der Waals surface area contributed by atoms with Crippen LogP contribution < -0.4 is 5.73 Å². The fourth-order valence-corrected chi connectivity index (χ4v) is 3.99. The summed E-state index contributed by atoms with van der Waals surface area (Å²) in [6, 6.07) is 5.22. The molecule has 2 aromatic rings. The summed E-state index contributed by atoms with van der Waals surface area (Å²) in [7, 11) is 0. The molecule has 1 aromatic heterocycles. The van der Waals surface area contributed by atoms with E-state index < -0.39 is 12.1 Å². The summed E-state index contributed by atoms with van der Waals surface area (Å²) in [6.07, 6.45) is 1.72. The molecule has 1 atom stereocenters. The van der Waals surface area contributed by atoms with E-state index in [9.17, 15) is 14.4 Å². The zero-order chi connectivity index (χ0) is 17.6. The van der Waals surface area contributed by atoms with Gasteiger partial charge in [0.1, 0.15) is 6.29 Å². The van der Waals surface area contributed by atoms with Gasteiger partial charge in [-0.05, 0) is 50.0 Å². The molecule has 0 spiro atoms. The van der Waals surface area contributed by atoms with Crippen molar-refractivity contribution >= 4 is 29.3 Å². The first kappa shape index (κ1) is 15.8. The molecule has 0 aliphatic carbocycles. The molecule has 0 saturated carbocycles. The third kappa shape index (κ3) is 2.68. The maximum absolute atomic E-state index is 12.2. The maximum atomic E-state index is 12.2. The predicted molar refractivity (Wildman–Crippen MR) is 88.3 cm³/mol. The number of carbonyl (C=O) groups excluding carboxylic acids is 3. The second-order valence-corrected chi connectivity index (χ2v) is 6.60. The third-order valence-electron chi connectivity index (χ3n) is 5.19. The molecule has 8 nitrogen and oxygen atoms in total. The largest absolute Gasteiger partial charge is 0.412 e. The fraction of sp³-hybridized carbons (Fsp3) is 0.412. The summed E-state index contributed by atoms with van der Waals surface area (Å²) in [5, 5.41) is 4.94. The molecule has 3 aliphatic heterocycles. The van der Waals surface area contributed by atoms with E-state index in [4.69, 9.17) is 5.73 Å². The lowest BCUT2D eigenvalue weighted by Crippen LogP contribution is -2.48. The molecule has 8 heteroatoms. The number of primary amides is 1. The number of carbonyl (C=O) groups is 3. The first-order valence-corrected chi connectivity index (χ1v) is 8.28. The molecule has 25 heavy (non-hydrogen) atoms. The average molecular weight is 342 g/mol. The van der Waals surface area contributed by atoms with Gasteiger partial charge in [0.15, 0.2) is 5.69 Å². The van der Waals surface area contributed by atoms with Gasteiger partial charge in [-0.1, -0.05) is 0 Å². The van der Waals surface area contributed by atoms with Crippen molar-refractivity contribution in [3.8, 4) is 0 Å². The van der Waals surface area contributed by atoms with Crippen LogP contribution in [0.4, 0.5) is 4.79 Å². The normalized spacial score (nSPS) is 25.0. The second kappa shape index (κ2) is 5.96. The topological polar surface area (TPSA) is 108 Å². The Hall–Kier alpha value is -2.74. The van der Waals surface area contributed by atoms with Crippen molar-refractivity contribution < 1.29 is 19.1 Å². The lowest BCUT2D eigenvalue weighted by Gasteiger charge is -2.44. The Morgan fingerprint density at radius 3 is 2.64 bits per heavy atom. The molecular formula is C17H18N4O4. The van der Waals surface area contributed by atoms with Gasteiger partial charge >= 0.3 is 12.1 Å². The standard InChI is InChI=1S/C17H18N4O4/c18-17(24)25-16(23)15-12-7-10(9-22)1-2-13(12)21(19-15)14-8-20-5-3-11(14)4-6-20/h1-2,7,9,11,14H,3-6,8H2,(H2,18,24)/t14-/m1/s1. The van der Waals surface area contributed by atoms with E-state index in [-0.39, 0.29) is 11.7 Å². The lowest BCUT2D eigenvalue weighted by atomic mass is 9.84. The summed E-state index contributed by atoms with van der Waals surface area (Å²) in [4.78, 5) is 36.6. The molecule has 3 saturated heterocycles. The molecule has 5 rings (SSSR count). The van der Waals surface area contributed by atoms with E-state index in [2.05, 4.69) is 14.7 Å². The molecule has 130 valence electrons. The van der Waals surface area contributed by atoms with Crippen LogP contribution in [0, 0.1) is 5.92 Å².